The van der Waals surface area contributed by atoms with Crippen LogP contribution in [0, 0.1) is 17.3 Å². The molecule has 1 heterocycles. The maximum absolute atomic E-state index is 11.3. The molecule has 3 unspecified atom stereocenters. The van der Waals surface area contributed by atoms with Gasteiger partial charge in [-0.15, -0.1) is 0 Å². The van der Waals surface area contributed by atoms with Crippen LogP contribution < -0.4 is 5.32 Å². The van der Waals surface area contributed by atoms with Gasteiger partial charge in [-0.05, 0) is 24.2 Å². The molecule has 0 amide bonds. The number of aliphatic carboxylic acids is 1. The summed E-state index contributed by atoms with van der Waals surface area (Å²) < 4.78 is 4.95. The molecular weight excluding hydrogens is 246 g/mol. The molecule has 1 aromatic heterocycles. The zero-order chi connectivity index (χ0) is 14.0. The first kappa shape index (κ1) is 14.0. The second-order valence-corrected chi connectivity index (χ2v) is 5.90. The van der Waals surface area contributed by atoms with E-state index in [0.717, 1.165) is 6.42 Å². The molecule has 19 heavy (non-hydrogen) atoms. The lowest BCUT2D eigenvalue weighted by Gasteiger charge is -2.46. The standard InChI is InChI=1S/C13H21N3O3/c1-8-10(14-6-11-15-7-16-19-11)5-4-9(12(17)18)13(8,2)3/h7-10,14H,4-6H2,1-3H3,(H,17,18). The van der Waals surface area contributed by atoms with Gasteiger partial charge in [0.1, 0.15) is 0 Å². The number of rotatable bonds is 4. The molecule has 0 spiro atoms. The number of nitrogens with zero attached hydrogens (tertiary/aromatic N) is 2. The Morgan fingerprint density at radius 1 is 1.58 bits per heavy atom. The third-order valence-electron chi connectivity index (χ3n) is 4.66. The Labute approximate surface area is 112 Å². The first-order valence-electron chi connectivity index (χ1n) is 6.64. The lowest BCUT2D eigenvalue weighted by molar-refractivity contribution is -0.150. The molecule has 6 heteroatoms. The molecule has 1 aliphatic rings. The van der Waals surface area contributed by atoms with Crippen LogP contribution in [0.5, 0.6) is 0 Å². The van der Waals surface area contributed by atoms with E-state index in [1.807, 2.05) is 13.8 Å². The fourth-order valence-corrected chi connectivity index (χ4v) is 3.02. The van der Waals surface area contributed by atoms with E-state index >= 15 is 0 Å². The van der Waals surface area contributed by atoms with Crippen molar-refractivity contribution in [3.63, 3.8) is 0 Å². The van der Waals surface area contributed by atoms with Crippen LogP contribution in [0.2, 0.25) is 0 Å². The molecular formula is C13H21N3O3. The van der Waals surface area contributed by atoms with Gasteiger partial charge >= 0.3 is 5.97 Å². The second kappa shape index (κ2) is 5.28. The molecule has 1 fully saturated rings. The monoisotopic (exact) mass is 267 g/mol. The highest BCUT2D eigenvalue weighted by atomic mass is 16.5. The van der Waals surface area contributed by atoms with E-state index in [9.17, 15) is 9.90 Å². The first-order chi connectivity index (χ1) is 8.93. The normalized spacial score (nSPS) is 30.2. The number of carboxylic acid groups (broad SMARTS) is 1. The molecule has 6 nitrogen and oxygen atoms in total. The molecule has 1 aromatic rings. The van der Waals surface area contributed by atoms with Crippen LogP contribution in [0.4, 0.5) is 0 Å². The SMILES string of the molecule is CC1C(NCc2ncno2)CCC(C(=O)O)C1(C)C. The highest BCUT2D eigenvalue weighted by molar-refractivity contribution is 5.71. The zero-order valence-corrected chi connectivity index (χ0v) is 11.6. The maximum Gasteiger partial charge on any atom is 0.307 e. The third kappa shape index (κ3) is 2.78. The molecule has 0 saturated heterocycles. The summed E-state index contributed by atoms with van der Waals surface area (Å²) >= 11 is 0. The molecule has 2 rings (SSSR count). The molecule has 0 aliphatic heterocycles. The van der Waals surface area contributed by atoms with Crippen LogP contribution >= 0.6 is 0 Å². The number of carboxylic acids is 1. The van der Waals surface area contributed by atoms with Crippen LogP contribution in [-0.2, 0) is 11.3 Å². The summed E-state index contributed by atoms with van der Waals surface area (Å²) in [6, 6.07) is 0.275. The summed E-state index contributed by atoms with van der Waals surface area (Å²) in [5.41, 5.74) is -0.226. The van der Waals surface area contributed by atoms with Crippen LogP contribution in [0.25, 0.3) is 0 Å². The number of aromatic nitrogens is 2. The largest absolute Gasteiger partial charge is 0.481 e. The van der Waals surface area contributed by atoms with Gasteiger partial charge in [0.2, 0.25) is 5.89 Å². The minimum absolute atomic E-state index is 0.226. The molecule has 106 valence electrons. The van der Waals surface area contributed by atoms with Gasteiger partial charge in [-0.25, -0.2) is 0 Å². The Bertz CT molecular complexity index is 430. The van der Waals surface area contributed by atoms with Crippen LogP contribution in [-0.4, -0.2) is 27.3 Å². The van der Waals surface area contributed by atoms with E-state index < -0.39 is 5.97 Å². The summed E-state index contributed by atoms with van der Waals surface area (Å²) in [5, 5.41) is 16.3. The number of nitrogens with one attached hydrogen (secondary N) is 1. The summed E-state index contributed by atoms with van der Waals surface area (Å²) in [7, 11) is 0. The van der Waals surface area contributed by atoms with Gasteiger partial charge in [-0.1, -0.05) is 25.9 Å². The van der Waals surface area contributed by atoms with E-state index in [1.165, 1.54) is 6.33 Å². The molecule has 1 aliphatic carbocycles. The smallest absolute Gasteiger partial charge is 0.307 e. The molecule has 0 radical (unpaired) electrons. The predicted octanol–water partition coefficient (Wildman–Crippen LogP) is 1.68. The van der Waals surface area contributed by atoms with E-state index in [4.69, 9.17) is 4.52 Å². The number of hydrogen-bond donors (Lipinski definition) is 2. The first-order valence-corrected chi connectivity index (χ1v) is 6.64. The Kier molecular flexibility index (Phi) is 3.89. The van der Waals surface area contributed by atoms with Gasteiger partial charge in [-0.2, -0.15) is 4.98 Å². The zero-order valence-electron chi connectivity index (χ0n) is 11.6. The fraction of sp³-hybridized carbons (Fsp3) is 0.769. The summed E-state index contributed by atoms with van der Waals surface area (Å²) in [6.07, 6.45) is 2.94. The van der Waals surface area contributed by atoms with E-state index in [-0.39, 0.29) is 23.3 Å². The average molecular weight is 267 g/mol. The molecule has 0 aromatic carbocycles. The average Bonchev–Trinajstić information content (AvgIpc) is 2.83. The van der Waals surface area contributed by atoms with Gasteiger partial charge < -0.3 is 14.9 Å². The predicted molar refractivity (Wildman–Crippen MR) is 68.2 cm³/mol. The highest BCUT2D eigenvalue weighted by Crippen LogP contribution is 2.45. The van der Waals surface area contributed by atoms with Crippen molar-refractivity contribution in [1.82, 2.24) is 15.5 Å². The van der Waals surface area contributed by atoms with Crippen molar-refractivity contribution in [3.05, 3.63) is 12.2 Å². The van der Waals surface area contributed by atoms with Gasteiger partial charge in [-0.3, -0.25) is 4.79 Å². The minimum Gasteiger partial charge on any atom is -0.481 e. The van der Waals surface area contributed by atoms with Gasteiger partial charge in [0.25, 0.3) is 0 Å². The van der Waals surface area contributed by atoms with Crippen molar-refractivity contribution in [1.29, 1.82) is 0 Å². The van der Waals surface area contributed by atoms with Crippen molar-refractivity contribution < 1.29 is 14.4 Å². The van der Waals surface area contributed by atoms with Gasteiger partial charge in [0.05, 0.1) is 12.5 Å². The summed E-state index contributed by atoms with van der Waals surface area (Å²) in [6.45, 7) is 6.72. The van der Waals surface area contributed by atoms with Crippen LogP contribution in [0.3, 0.4) is 0 Å². The Hall–Kier alpha value is -1.43. The number of carbonyl (C=O) groups is 1. The molecule has 1 saturated carbocycles. The van der Waals surface area contributed by atoms with Crippen molar-refractivity contribution in [2.45, 2.75) is 46.2 Å². The fourth-order valence-electron chi connectivity index (χ4n) is 3.02. The quantitative estimate of drug-likeness (QED) is 0.863. The van der Waals surface area contributed by atoms with E-state index in [2.05, 4.69) is 22.4 Å². The lowest BCUT2D eigenvalue weighted by atomic mass is 9.61. The maximum atomic E-state index is 11.3. The van der Waals surface area contributed by atoms with Crippen molar-refractivity contribution in [2.24, 2.45) is 17.3 Å². The van der Waals surface area contributed by atoms with Crippen molar-refractivity contribution >= 4 is 5.97 Å². The summed E-state index contributed by atoms with van der Waals surface area (Å²) in [5.74, 6) is -0.133. The number of hydrogen-bond acceptors (Lipinski definition) is 5. The van der Waals surface area contributed by atoms with Crippen molar-refractivity contribution in [2.75, 3.05) is 0 Å². The van der Waals surface area contributed by atoms with E-state index in [1.54, 1.807) is 0 Å². The van der Waals surface area contributed by atoms with Crippen molar-refractivity contribution in [3.8, 4) is 0 Å². The second-order valence-electron chi connectivity index (χ2n) is 5.90. The van der Waals surface area contributed by atoms with Crippen LogP contribution in [0.1, 0.15) is 39.5 Å². The third-order valence-corrected chi connectivity index (χ3v) is 4.66. The lowest BCUT2D eigenvalue weighted by Crippen LogP contribution is -2.50. The van der Waals surface area contributed by atoms with Gasteiger partial charge in [0, 0.05) is 6.04 Å². The topological polar surface area (TPSA) is 88.3 Å². The molecule has 3 atom stereocenters. The van der Waals surface area contributed by atoms with E-state index in [0.29, 0.717) is 18.9 Å². The molecule has 2 N–H and O–H groups in total. The minimum atomic E-state index is -0.688. The summed E-state index contributed by atoms with van der Waals surface area (Å²) in [4.78, 5) is 15.3. The molecule has 0 bridgehead atoms. The van der Waals surface area contributed by atoms with Crippen LogP contribution in [0.15, 0.2) is 10.9 Å². The Morgan fingerprint density at radius 3 is 2.89 bits per heavy atom. The Morgan fingerprint density at radius 2 is 2.32 bits per heavy atom. The Balaban J connectivity index is 1.99. The highest BCUT2D eigenvalue weighted by Gasteiger charge is 2.46. The van der Waals surface area contributed by atoms with Gasteiger partial charge in [0.15, 0.2) is 6.33 Å².